The number of hydrogen-bond acceptors (Lipinski definition) is 7. The van der Waals surface area contributed by atoms with E-state index in [1.54, 1.807) is 53.1 Å². The first-order valence-electron chi connectivity index (χ1n) is 13.7. The maximum absolute atomic E-state index is 14.0. The van der Waals surface area contributed by atoms with Crippen molar-refractivity contribution in [2.75, 3.05) is 7.11 Å². The molecule has 0 radical (unpaired) electrons. The first kappa shape index (κ1) is 26.6. The molecule has 0 fully saturated rings. The molecule has 1 aliphatic carbocycles. The van der Waals surface area contributed by atoms with Crippen LogP contribution in [0.2, 0.25) is 0 Å². The molecule has 0 bridgehead atoms. The van der Waals surface area contributed by atoms with Crippen LogP contribution in [0, 0.1) is 0 Å². The molecular formula is C34H24N2O6S. The molecule has 1 aliphatic heterocycles. The Balaban J connectivity index is 1.38. The molecule has 2 aliphatic rings. The van der Waals surface area contributed by atoms with Crippen molar-refractivity contribution in [1.82, 2.24) is 4.57 Å². The first-order chi connectivity index (χ1) is 20.9. The van der Waals surface area contributed by atoms with Gasteiger partial charge in [0.05, 0.1) is 34.5 Å². The number of aromatic nitrogens is 1. The van der Waals surface area contributed by atoms with Gasteiger partial charge in [0, 0.05) is 17.2 Å². The summed E-state index contributed by atoms with van der Waals surface area (Å²) in [5.74, 6) is -0.654. The average Bonchev–Trinajstić information content (AvgIpc) is 3.63. The molecule has 1 unspecified atom stereocenters. The molecule has 8 nitrogen and oxygen atoms in total. The van der Waals surface area contributed by atoms with Gasteiger partial charge in [-0.25, -0.2) is 14.6 Å². The lowest BCUT2D eigenvalue weighted by atomic mass is 9.83. The van der Waals surface area contributed by atoms with Gasteiger partial charge < -0.3 is 14.3 Å². The molecular weight excluding hydrogens is 564 g/mol. The number of ether oxygens (including phenoxy) is 1. The van der Waals surface area contributed by atoms with E-state index in [0.717, 1.165) is 35.2 Å². The number of esters is 1. The van der Waals surface area contributed by atoms with Crippen LogP contribution in [0.1, 0.15) is 55.6 Å². The number of thiazole rings is 1. The number of aryl methyl sites for hydroxylation is 1. The number of carbonyl (C=O) groups excluding carboxylic acids is 1. The Morgan fingerprint density at radius 3 is 2.49 bits per heavy atom. The SMILES string of the molecule is COC(=O)c1ccc(C2C3=C(N=c4s/c(=C/c5ccc(-c6ccccc6C(=O)O)o5)c(=O)n42)c2ccccc2CC3)cc1. The minimum absolute atomic E-state index is 0.131. The molecule has 1 atom stereocenters. The van der Waals surface area contributed by atoms with E-state index in [2.05, 4.69) is 12.1 Å². The number of allylic oxidation sites excluding steroid dienone is 1. The molecule has 3 heterocycles. The maximum Gasteiger partial charge on any atom is 0.337 e. The number of carbonyl (C=O) groups is 2. The van der Waals surface area contributed by atoms with Gasteiger partial charge in [-0.3, -0.25) is 9.36 Å². The molecule has 3 aromatic carbocycles. The van der Waals surface area contributed by atoms with E-state index in [0.29, 0.717) is 32.0 Å². The number of hydrogen-bond donors (Lipinski definition) is 1. The summed E-state index contributed by atoms with van der Waals surface area (Å²) in [4.78, 5) is 43.4. The second kappa shape index (κ2) is 10.5. The summed E-state index contributed by atoms with van der Waals surface area (Å²) in [6.45, 7) is 0. The number of carboxylic acid groups (broad SMARTS) is 1. The quantitative estimate of drug-likeness (QED) is 0.287. The number of methoxy groups -OCH3 is 1. The molecule has 1 N–H and O–H groups in total. The van der Waals surface area contributed by atoms with Crippen LogP contribution in [0.15, 0.2) is 105 Å². The second-order valence-corrected chi connectivity index (χ2v) is 11.3. The van der Waals surface area contributed by atoms with Crippen LogP contribution in [0.25, 0.3) is 23.1 Å². The lowest BCUT2D eigenvalue weighted by Crippen LogP contribution is -2.38. The van der Waals surface area contributed by atoms with E-state index in [1.807, 2.05) is 24.3 Å². The Hall–Kier alpha value is -5.28. The molecule has 9 heteroatoms. The Morgan fingerprint density at radius 2 is 1.72 bits per heavy atom. The number of rotatable bonds is 5. The highest BCUT2D eigenvalue weighted by Gasteiger charge is 2.32. The van der Waals surface area contributed by atoms with Crippen molar-refractivity contribution in [2.45, 2.75) is 18.9 Å². The highest BCUT2D eigenvalue weighted by Crippen LogP contribution is 2.41. The third-order valence-corrected chi connectivity index (χ3v) is 8.83. The largest absolute Gasteiger partial charge is 0.478 e. The minimum Gasteiger partial charge on any atom is -0.478 e. The van der Waals surface area contributed by atoms with E-state index in [4.69, 9.17) is 14.1 Å². The summed E-state index contributed by atoms with van der Waals surface area (Å²) in [7, 11) is 1.34. The predicted octanol–water partition coefficient (Wildman–Crippen LogP) is 5.06. The van der Waals surface area contributed by atoms with Gasteiger partial charge in [-0.05, 0) is 59.9 Å². The third-order valence-electron chi connectivity index (χ3n) is 7.84. The fourth-order valence-corrected chi connectivity index (χ4v) is 6.81. The van der Waals surface area contributed by atoms with Crippen LogP contribution in [0.5, 0.6) is 0 Å². The minimum atomic E-state index is -1.05. The summed E-state index contributed by atoms with van der Waals surface area (Å²) < 4.78 is 13.0. The van der Waals surface area contributed by atoms with Crippen molar-refractivity contribution in [2.24, 2.45) is 4.99 Å². The van der Waals surface area contributed by atoms with Crippen molar-refractivity contribution in [3.8, 4) is 11.3 Å². The van der Waals surface area contributed by atoms with E-state index in [1.165, 1.54) is 30.1 Å². The Labute approximate surface area is 249 Å². The third kappa shape index (κ3) is 4.54. The molecule has 0 saturated carbocycles. The van der Waals surface area contributed by atoms with Crippen LogP contribution in [0.4, 0.5) is 0 Å². The molecule has 0 spiro atoms. The summed E-state index contributed by atoms with van der Waals surface area (Å²) >= 11 is 1.28. The summed E-state index contributed by atoms with van der Waals surface area (Å²) in [6.07, 6.45) is 3.25. The van der Waals surface area contributed by atoms with Crippen molar-refractivity contribution >= 4 is 35.0 Å². The maximum atomic E-state index is 14.0. The molecule has 43 heavy (non-hydrogen) atoms. The van der Waals surface area contributed by atoms with Crippen LogP contribution in [0.3, 0.4) is 0 Å². The summed E-state index contributed by atoms with van der Waals surface area (Å²) in [5, 5.41) is 9.59. The topological polar surface area (TPSA) is 111 Å². The average molecular weight is 589 g/mol. The van der Waals surface area contributed by atoms with Crippen molar-refractivity contribution in [1.29, 1.82) is 0 Å². The molecule has 7 rings (SSSR count). The molecule has 2 aromatic heterocycles. The van der Waals surface area contributed by atoms with Gasteiger partial charge in [-0.1, -0.05) is 65.9 Å². The summed E-state index contributed by atoms with van der Waals surface area (Å²) in [6, 6.07) is 25.0. The van der Waals surface area contributed by atoms with Crippen molar-refractivity contribution in [3.05, 3.63) is 144 Å². The van der Waals surface area contributed by atoms with Gasteiger partial charge in [-0.2, -0.15) is 0 Å². The zero-order valence-corrected chi connectivity index (χ0v) is 23.8. The molecule has 212 valence electrons. The molecule has 5 aromatic rings. The number of fused-ring (bicyclic) bond motifs is 3. The first-order valence-corrected chi connectivity index (χ1v) is 14.5. The number of aromatic carboxylic acids is 1. The fraction of sp³-hybridized carbons (Fsp3) is 0.118. The summed E-state index contributed by atoms with van der Waals surface area (Å²) in [5.41, 5.74) is 5.88. The number of benzene rings is 3. The van der Waals surface area contributed by atoms with Crippen molar-refractivity contribution < 1.29 is 23.8 Å². The standard InChI is InChI=1S/C34H24N2O6S/c1-41-33(40)21-12-10-20(11-13-21)30-26-16-14-19-6-2-3-7-23(19)29(26)35-34-36(30)31(37)28(43-34)18-22-15-17-27(42-22)24-8-4-5-9-25(24)32(38)39/h2-13,15,17-18,30H,14,16H2,1H3,(H,38,39)/b28-18+. The number of carboxylic acids is 1. The zero-order valence-electron chi connectivity index (χ0n) is 22.9. The molecule has 0 amide bonds. The van der Waals surface area contributed by atoms with Gasteiger partial charge in [0.2, 0.25) is 0 Å². The Kier molecular flexibility index (Phi) is 6.51. The van der Waals surface area contributed by atoms with Crippen molar-refractivity contribution in [3.63, 3.8) is 0 Å². The van der Waals surface area contributed by atoms with Gasteiger partial charge in [-0.15, -0.1) is 0 Å². The second-order valence-electron chi connectivity index (χ2n) is 10.3. The Morgan fingerprint density at radius 1 is 0.977 bits per heavy atom. The smallest absolute Gasteiger partial charge is 0.337 e. The van der Waals surface area contributed by atoms with E-state index >= 15 is 0 Å². The van der Waals surface area contributed by atoms with Crippen LogP contribution in [-0.2, 0) is 11.2 Å². The lowest BCUT2D eigenvalue weighted by molar-refractivity contribution is 0.0599. The number of nitrogens with zero attached hydrogens (tertiary/aromatic N) is 2. The highest BCUT2D eigenvalue weighted by atomic mass is 32.1. The van der Waals surface area contributed by atoms with E-state index < -0.39 is 18.0 Å². The fourth-order valence-electron chi connectivity index (χ4n) is 5.83. The van der Waals surface area contributed by atoms with Gasteiger partial charge in [0.15, 0.2) is 4.80 Å². The zero-order chi connectivity index (χ0) is 29.7. The normalized spacial score (nSPS) is 15.7. The van der Waals surface area contributed by atoms with Crippen LogP contribution in [-0.4, -0.2) is 28.7 Å². The highest BCUT2D eigenvalue weighted by molar-refractivity contribution is 7.07. The molecule has 0 saturated heterocycles. The predicted molar refractivity (Wildman–Crippen MR) is 162 cm³/mol. The van der Waals surface area contributed by atoms with Gasteiger partial charge in [0.1, 0.15) is 11.5 Å². The Bertz CT molecular complexity index is 2150. The van der Waals surface area contributed by atoms with Crippen LogP contribution < -0.4 is 14.9 Å². The van der Waals surface area contributed by atoms with Gasteiger partial charge >= 0.3 is 11.9 Å². The van der Waals surface area contributed by atoms with E-state index in [-0.39, 0.29) is 11.1 Å². The van der Waals surface area contributed by atoms with Gasteiger partial charge in [0.25, 0.3) is 5.56 Å². The lowest BCUT2D eigenvalue weighted by Gasteiger charge is -2.30. The number of furan rings is 1. The monoisotopic (exact) mass is 588 g/mol. The van der Waals surface area contributed by atoms with Crippen LogP contribution >= 0.6 is 11.3 Å². The van der Waals surface area contributed by atoms with E-state index in [9.17, 15) is 19.5 Å².